The van der Waals surface area contributed by atoms with Crippen molar-refractivity contribution in [1.82, 2.24) is 14.7 Å². The lowest BCUT2D eigenvalue weighted by Crippen LogP contribution is -2.37. The number of nitrogens with zero attached hydrogens (tertiary/aromatic N) is 4. The fourth-order valence-corrected chi connectivity index (χ4v) is 3.86. The number of carbonyl (C=O) groups is 3. The molecule has 3 amide bonds. The lowest BCUT2D eigenvalue weighted by molar-refractivity contribution is 0.0586. The molecule has 1 fully saturated rings. The third kappa shape index (κ3) is 6.24. The third-order valence-electron chi connectivity index (χ3n) is 5.57. The van der Waals surface area contributed by atoms with E-state index in [1.807, 2.05) is 0 Å². The van der Waals surface area contributed by atoms with Gasteiger partial charge in [-0.2, -0.15) is 5.10 Å². The van der Waals surface area contributed by atoms with E-state index in [2.05, 4.69) is 16.9 Å². The standard InChI is InChI=1S/C25H31N5O7/c1-25(2,3)37-24(34)28(4)22-20(21(26)31)19(27-30(22)16-9-10-29(14-16)23(32)33)8-7-15-11-17(35-5)13-18(12-15)36-6/h11-13,16H,9-10,14H2,1-6H3,(H2,26,31)(H,32,33)/t16-/m0/s1. The molecule has 37 heavy (non-hydrogen) atoms. The van der Waals surface area contributed by atoms with Crippen LogP contribution >= 0.6 is 0 Å². The van der Waals surface area contributed by atoms with Crippen molar-refractivity contribution in [2.45, 2.75) is 38.8 Å². The van der Waals surface area contributed by atoms with Crippen LogP contribution < -0.4 is 20.1 Å². The molecule has 0 aliphatic carbocycles. The molecule has 1 aromatic carbocycles. The van der Waals surface area contributed by atoms with Gasteiger partial charge in [-0.1, -0.05) is 5.92 Å². The zero-order valence-electron chi connectivity index (χ0n) is 21.7. The van der Waals surface area contributed by atoms with E-state index < -0.39 is 29.7 Å². The molecule has 1 saturated heterocycles. The summed E-state index contributed by atoms with van der Waals surface area (Å²) in [6.45, 7) is 5.53. The van der Waals surface area contributed by atoms with E-state index in [0.717, 1.165) is 4.90 Å². The minimum Gasteiger partial charge on any atom is -0.497 e. The van der Waals surface area contributed by atoms with Crippen LogP contribution in [0.25, 0.3) is 0 Å². The molecule has 3 rings (SSSR count). The predicted octanol–water partition coefficient (Wildman–Crippen LogP) is 2.70. The Kier molecular flexibility index (Phi) is 7.86. The van der Waals surface area contributed by atoms with E-state index in [0.29, 0.717) is 23.5 Å². The SMILES string of the molecule is COc1cc(C#Cc2nn([C@H]3CCN(C(=O)O)C3)c(N(C)C(=O)OC(C)(C)C)c2C(N)=O)cc(OC)c1. The first-order valence-electron chi connectivity index (χ1n) is 11.5. The molecule has 1 atom stereocenters. The molecule has 198 valence electrons. The van der Waals surface area contributed by atoms with Crippen molar-refractivity contribution < 1.29 is 33.7 Å². The van der Waals surface area contributed by atoms with Gasteiger partial charge in [0.2, 0.25) is 0 Å². The number of benzene rings is 1. The van der Waals surface area contributed by atoms with Crippen LogP contribution in [0.4, 0.5) is 15.4 Å². The first kappa shape index (κ1) is 27.2. The summed E-state index contributed by atoms with van der Waals surface area (Å²) >= 11 is 0. The molecule has 0 unspecified atom stereocenters. The summed E-state index contributed by atoms with van der Waals surface area (Å²) in [5, 5.41) is 13.9. The lowest BCUT2D eigenvalue weighted by atomic mass is 10.1. The number of anilines is 1. The minimum atomic E-state index is -1.07. The van der Waals surface area contributed by atoms with Crippen LogP contribution in [0.2, 0.25) is 0 Å². The smallest absolute Gasteiger partial charge is 0.415 e. The molecule has 2 heterocycles. The van der Waals surface area contributed by atoms with Crippen molar-refractivity contribution in [2.24, 2.45) is 5.73 Å². The average Bonchev–Trinajstić information content (AvgIpc) is 3.46. The Balaban J connectivity index is 2.15. The van der Waals surface area contributed by atoms with Crippen LogP contribution in [0.3, 0.4) is 0 Å². The zero-order chi connectivity index (χ0) is 27.5. The predicted molar refractivity (Wildman–Crippen MR) is 134 cm³/mol. The van der Waals surface area contributed by atoms with Crippen molar-refractivity contribution in [3.05, 3.63) is 35.0 Å². The molecule has 0 radical (unpaired) electrons. The van der Waals surface area contributed by atoms with Gasteiger partial charge in [0.05, 0.1) is 20.3 Å². The van der Waals surface area contributed by atoms with Gasteiger partial charge in [0.15, 0.2) is 11.5 Å². The first-order chi connectivity index (χ1) is 17.3. The third-order valence-corrected chi connectivity index (χ3v) is 5.57. The summed E-state index contributed by atoms with van der Waals surface area (Å²) < 4.78 is 17.5. The van der Waals surface area contributed by atoms with Gasteiger partial charge < -0.3 is 30.0 Å². The Bertz CT molecular complexity index is 1250. The van der Waals surface area contributed by atoms with Gasteiger partial charge in [-0.3, -0.25) is 9.69 Å². The highest BCUT2D eigenvalue weighted by atomic mass is 16.6. The molecule has 12 nitrogen and oxygen atoms in total. The van der Waals surface area contributed by atoms with Gasteiger partial charge in [-0.15, -0.1) is 0 Å². The van der Waals surface area contributed by atoms with Gasteiger partial charge in [-0.05, 0) is 45.2 Å². The van der Waals surface area contributed by atoms with E-state index in [1.165, 1.54) is 30.8 Å². The number of carboxylic acid groups (broad SMARTS) is 1. The Hall–Kier alpha value is -4.40. The second kappa shape index (κ2) is 10.7. The Morgan fingerprint density at radius 2 is 1.76 bits per heavy atom. The van der Waals surface area contributed by atoms with Crippen molar-refractivity contribution in [1.29, 1.82) is 0 Å². The maximum atomic E-state index is 12.9. The lowest BCUT2D eigenvalue weighted by Gasteiger charge is -2.26. The summed E-state index contributed by atoms with van der Waals surface area (Å²) in [5.41, 5.74) is 5.43. The number of carbonyl (C=O) groups excluding carboxylic acids is 2. The van der Waals surface area contributed by atoms with Crippen LogP contribution in [-0.4, -0.2) is 77.8 Å². The molecule has 0 spiro atoms. The summed E-state index contributed by atoms with van der Waals surface area (Å²) in [6.07, 6.45) is -1.39. The Labute approximate surface area is 214 Å². The van der Waals surface area contributed by atoms with E-state index in [4.69, 9.17) is 19.9 Å². The number of nitrogens with two attached hydrogens (primary N) is 1. The Morgan fingerprint density at radius 3 is 2.24 bits per heavy atom. The number of ether oxygens (including phenoxy) is 3. The number of aromatic nitrogens is 2. The number of rotatable bonds is 5. The van der Waals surface area contributed by atoms with Gasteiger partial charge in [0.25, 0.3) is 5.91 Å². The van der Waals surface area contributed by atoms with Crippen molar-refractivity contribution in [3.63, 3.8) is 0 Å². The van der Waals surface area contributed by atoms with E-state index >= 15 is 0 Å². The number of methoxy groups -OCH3 is 2. The first-order valence-corrected chi connectivity index (χ1v) is 11.5. The fraction of sp³-hybridized carbons (Fsp3) is 0.440. The van der Waals surface area contributed by atoms with Gasteiger partial charge in [0, 0.05) is 31.8 Å². The van der Waals surface area contributed by atoms with Crippen LogP contribution in [0, 0.1) is 11.8 Å². The van der Waals surface area contributed by atoms with E-state index in [-0.39, 0.29) is 30.2 Å². The minimum absolute atomic E-state index is 0.0356. The Morgan fingerprint density at radius 1 is 1.14 bits per heavy atom. The van der Waals surface area contributed by atoms with E-state index in [1.54, 1.807) is 39.0 Å². The quantitative estimate of drug-likeness (QED) is 0.580. The molecule has 1 aliphatic heterocycles. The molecular weight excluding hydrogens is 482 g/mol. The molecule has 3 N–H and O–H groups in total. The average molecular weight is 514 g/mol. The monoisotopic (exact) mass is 513 g/mol. The van der Waals surface area contributed by atoms with Crippen molar-refractivity contribution in [3.8, 4) is 23.3 Å². The summed E-state index contributed by atoms with van der Waals surface area (Å²) in [4.78, 5) is 39.5. The normalized spacial score (nSPS) is 15.0. The second-order valence-corrected chi connectivity index (χ2v) is 9.42. The van der Waals surface area contributed by atoms with E-state index in [9.17, 15) is 19.5 Å². The molecule has 1 aromatic heterocycles. The molecule has 12 heteroatoms. The van der Waals surface area contributed by atoms with Crippen LogP contribution in [0.15, 0.2) is 18.2 Å². The molecule has 1 aliphatic rings. The number of primary amides is 1. The zero-order valence-corrected chi connectivity index (χ0v) is 21.7. The number of amides is 3. The van der Waals surface area contributed by atoms with Crippen molar-refractivity contribution >= 4 is 23.9 Å². The van der Waals surface area contributed by atoms with Crippen LogP contribution in [-0.2, 0) is 4.74 Å². The molecule has 0 bridgehead atoms. The topological polar surface area (TPSA) is 149 Å². The fourth-order valence-electron chi connectivity index (χ4n) is 3.86. The van der Waals surface area contributed by atoms with Crippen molar-refractivity contribution in [2.75, 3.05) is 39.3 Å². The second-order valence-electron chi connectivity index (χ2n) is 9.42. The summed E-state index contributed by atoms with van der Waals surface area (Å²) in [6, 6.07) is 4.61. The summed E-state index contributed by atoms with van der Waals surface area (Å²) in [7, 11) is 4.46. The summed E-state index contributed by atoms with van der Waals surface area (Å²) in [5.74, 6) is 6.08. The maximum Gasteiger partial charge on any atom is 0.415 e. The maximum absolute atomic E-state index is 12.9. The highest BCUT2D eigenvalue weighted by molar-refractivity contribution is 6.03. The van der Waals surface area contributed by atoms with Crippen LogP contribution in [0.1, 0.15) is 54.8 Å². The number of likely N-dealkylation sites (tertiary alicyclic amines) is 1. The van der Waals surface area contributed by atoms with Gasteiger partial charge in [-0.25, -0.2) is 14.3 Å². The number of hydrogen-bond donors (Lipinski definition) is 2. The molecular formula is C25H31N5O7. The number of hydrogen-bond acceptors (Lipinski definition) is 7. The van der Waals surface area contributed by atoms with Gasteiger partial charge in [0.1, 0.15) is 22.7 Å². The largest absolute Gasteiger partial charge is 0.497 e. The molecule has 0 saturated carbocycles. The highest BCUT2D eigenvalue weighted by Crippen LogP contribution is 2.32. The molecule has 2 aromatic rings. The van der Waals surface area contributed by atoms with Crippen LogP contribution in [0.5, 0.6) is 11.5 Å². The highest BCUT2D eigenvalue weighted by Gasteiger charge is 2.35. The van der Waals surface area contributed by atoms with Gasteiger partial charge >= 0.3 is 12.2 Å².